The zero-order chi connectivity index (χ0) is 19.9. The third kappa shape index (κ3) is 4.55. The number of aromatic amines is 1. The Hall–Kier alpha value is -3.19. The highest BCUT2D eigenvalue weighted by atomic mass is 16.2. The number of carbonyl (C=O) groups excluding carboxylic acids is 1. The quantitative estimate of drug-likeness (QED) is 0.611. The summed E-state index contributed by atoms with van der Waals surface area (Å²) in [5.41, 5.74) is 6.15. The van der Waals surface area contributed by atoms with Crippen molar-refractivity contribution in [1.82, 2.24) is 14.7 Å². The number of rotatable bonds is 8. The molecule has 0 aliphatic rings. The average molecular weight is 380 g/mol. The molecule has 7 nitrogen and oxygen atoms in total. The number of nitrogens with one attached hydrogen (secondary N) is 1. The maximum Gasteiger partial charge on any atom is 0.273 e. The van der Waals surface area contributed by atoms with E-state index in [1.54, 1.807) is 29.2 Å². The zero-order valence-electron chi connectivity index (χ0n) is 15.6. The molecule has 1 heterocycles. The molecule has 1 amide bonds. The van der Waals surface area contributed by atoms with Gasteiger partial charge in [0.15, 0.2) is 0 Å². The number of nitrogens with two attached hydrogens (primary N) is 1. The van der Waals surface area contributed by atoms with Crippen molar-refractivity contribution < 1.29 is 4.79 Å². The third-order valence-electron chi connectivity index (χ3n) is 4.70. The second-order valence-corrected chi connectivity index (χ2v) is 6.60. The number of aromatic nitrogens is 2. The van der Waals surface area contributed by atoms with Crippen LogP contribution in [-0.2, 0) is 17.8 Å². The van der Waals surface area contributed by atoms with Gasteiger partial charge in [0.05, 0.1) is 17.3 Å². The van der Waals surface area contributed by atoms with Crippen LogP contribution in [0.3, 0.4) is 0 Å². The summed E-state index contributed by atoms with van der Waals surface area (Å²) in [6, 6.07) is 16.6. The molecule has 0 fully saturated rings. The van der Waals surface area contributed by atoms with Gasteiger partial charge in [-0.25, -0.2) is 4.68 Å². The van der Waals surface area contributed by atoms with E-state index >= 15 is 0 Å². The molecule has 0 bridgehead atoms. The maximum atomic E-state index is 12.7. The van der Waals surface area contributed by atoms with Crippen molar-refractivity contribution >= 4 is 16.7 Å². The monoisotopic (exact) mass is 380 g/mol. The smallest absolute Gasteiger partial charge is 0.273 e. The van der Waals surface area contributed by atoms with Gasteiger partial charge in [-0.1, -0.05) is 42.5 Å². The Balaban J connectivity index is 1.69. The van der Waals surface area contributed by atoms with Crippen molar-refractivity contribution in [2.75, 3.05) is 19.6 Å². The summed E-state index contributed by atoms with van der Waals surface area (Å²) in [4.78, 5) is 39.1. The number of nitrogens with zero attached hydrogens (tertiary/aromatic N) is 2. The van der Waals surface area contributed by atoms with Gasteiger partial charge in [0.1, 0.15) is 0 Å². The van der Waals surface area contributed by atoms with Crippen molar-refractivity contribution in [3.63, 3.8) is 0 Å². The number of fused-ring (bicyclic) bond motifs is 1. The lowest BCUT2D eigenvalue weighted by Gasteiger charge is -2.22. The van der Waals surface area contributed by atoms with Crippen molar-refractivity contribution in [2.24, 2.45) is 5.73 Å². The zero-order valence-corrected chi connectivity index (χ0v) is 15.6. The van der Waals surface area contributed by atoms with Gasteiger partial charge in [0, 0.05) is 26.1 Å². The fraction of sp³-hybridized carbons (Fsp3) is 0.286. The van der Waals surface area contributed by atoms with Gasteiger partial charge in [-0.05, 0) is 24.1 Å². The first-order valence-corrected chi connectivity index (χ1v) is 9.34. The summed E-state index contributed by atoms with van der Waals surface area (Å²) in [6.07, 6.45) is 0.850. The van der Waals surface area contributed by atoms with Gasteiger partial charge < -0.3 is 10.6 Å². The number of benzene rings is 2. The molecular weight excluding hydrogens is 356 g/mol. The third-order valence-corrected chi connectivity index (χ3v) is 4.70. The summed E-state index contributed by atoms with van der Waals surface area (Å²) in [5, 5.41) is 3.25. The highest BCUT2D eigenvalue weighted by molar-refractivity contribution is 5.80. The molecule has 0 radical (unpaired) electrons. The largest absolute Gasteiger partial charge is 0.341 e. The number of amides is 1. The molecule has 3 N–H and O–H groups in total. The minimum absolute atomic E-state index is 0.0951. The molecule has 3 aromatic rings. The van der Waals surface area contributed by atoms with Gasteiger partial charge in [-0.15, -0.1) is 0 Å². The van der Waals surface area contributed by atoms with Crippen molar-refractivity contribution in [1.29, 1.82) is 0 Å². The molecule has 0 spiro atoms. The van der Waals surface area contributed by atoms with Crippen molar-refractivity contribution in [3.8, 4) is 0 Å². The van der Waals surface area contributed by atoms with Crippen LogP contribution in [0.4, 0.5) is 0 Å². The Labute approximate surface area is 162 Å². The van der Waals surface area contributed by atoms with Crippen LogP contribution in [0.2, 0.25) is 0 Å². The Morgan fingerprint density at radius 1 is 0.964 bits per heavy atom. The SMILES string of the molecule is NCCN(CCc1ccccc1)C(=O)CCn1[nH]c(=O)c2ccccc2c1=O. The molecule has 0 aliphatic heterocycles. The number of H-pyrrole nitrogens is 1. The fourth-order valence-electron chi connectivity index (χ4n) is 3.20. The second-order valence-electron chi connectivity index (χ2n) is 6.60. The average Bonchev–Trinajstić information content (AvgIpc) is 2.73. The fourth-order valence-corrected chi connectivity index (χ4v) is 3.20. The van der Waals surface area contributed by atoms with E-state index < -0.39 is 0 Å². The van der Waals surface area contributed by atoms with Crippen LogP contribution in [0.25, 0.3) is 10.8 Å². The first kappa shape index (κ1) is 19.6. The van der Waals surface area contributed by atoms with Crippen molar-refractivity contribution in [3.05, 3.63) is 80.9 Å². The van der Waals surface area contributed by atoms with Crippen LogP contribution < -0.4 is 16.9 Å². The Kier molecular flexibility index (Phi) is 6.39. The van der Waals surface area contributed by atoms with Gasteiger partial charge in [0.25, 0.3) is 11.1 Å². The van der Waals surface area contributed by atoms with Crippen molar-refractivity contribution in [2.45, 2.75) is 19.4 Å². The highest BCUT2D eigenvalue weighted by Crippen LogP contribution is 2.05. The van der Waals surface area contributed by atoms with E-state index in [9.17, 15) is 14.4 Å². The van der Waals surface area contributed by atoms with E-state index in [1.165, 1.54) is 4.68 Å². The number of hydrogen-bond acceptors (Lipinski definition) is 4. The first-order valence-electron chi connectivity index (χ1n) is 9.34. The van der Waals surface area contributed by atoms with Gasteiger partial charge in [0.2, 0.25) is 5.91 Å². The lowest BCUT2D eigenvalue weighted by atomic mass is 10.1. The van der Waals surface area contributed by atoms with Gasteiger partial charge in [-0.3, -0.25) is 19.5 Å². The molecule has 0 atom stereocenters. The predicted molar refractivity (Wildman–Crippen MR) is 109 cm³/mol. The number of hydrogen-bond donors (Lipinski definition) is 2. The van der Waals surface area contributed by atoms with E-state index in [2.05, 4.69) is 5.10 Å². The van der Waals surface area contributed by atoms with Gasteiger partial charge in [-0.2, -0.15) is 0 Å². The normalized spacial score (nSPS) is 10.9. The molecule has 1 aromatic heterocycles. The van der Waals surface area contributed by atoms with Crippen LogP contribution >= 0.6 is 0 Å². The summed E-state index contributed by atoms with van der Waals surface area (Å²) < 4.78 is 1.21. The van der Waals surface area contributed by atoms with Crippen LogP contribution in [0, 0.1) is 0 Å². The Bertz CT molecular complexity index is 1060. The number of aryl methyl sites for hydroxylation is 1. The molecule has 28 heavy (non-hydrogen) atoms. The summed E-state index contributed by atoms with van der Waals surface area (Å²) in [7, 11) is 0. The van der Waals surface area contributed by atoms with Crippen LogP contribution in [0.15, 0.2) is 64.2 Å². The van der Waals surface area contributed by atoms with E-state index in [0.717, 1.165) is 12.0 Å². The molecule has 2 aromatic carbocycles. The minimum Gasteiger partial charge on any atom is -0.341 e. The molecule has 0 aliphatic carbocycles. The predicted octanol–water partition coefficient (Wildman–Crippen LogP) is 1.11. The lowest BCUT2D eigenvalue weighted by Crippen LogP contribution is -2.38. The standard InChI is InChI=1S/C21H24N4O3/c22-12-15-24(13-10-16-6-2-1-3-7-16)19(26)11-14-25-21(28)18-9-5-4-8-17(18)20(27)23-25/h1-9H,10-15,22H2,(H,23,27). The van der Waals surface area contributed by atoms with Crippen LogP contribution in [0.1, 0.15) is 12.0 Å². The molecular formula is C21H24N4O3. The van der Waals surface area contributed by atoms with E-state index in [1.807, 2.05) is 30.3 Å². The van der Waals surface area contributed by atoms with Gasteiger partial charge >= 0.3 is 0 Å². The Morgan fingerprint density at radius 3 is 2.36 bits per heavy atom. The summed E-state index contributed by atoms with van der Waals surface area (Å²) in [6.45, 7) is 1.50. The molecule has 0 unspecified atom stereocenters. The molecule has 0 saturated carbocycles. The lowest BCUT2D eigenvalue weighted by molar-refractivity contribution is -0.131. The summed E-state index contributed by atoms with van der Waals surface area (Å²) in [5.74, 6) is -0.0951. The maximum absolute atomic E-state index is 12.7. The number of carbonyl (C=O) groups is 1. The topological polar surface area (TPSA) is 101 Å². The summed E-state index contributed by atoms with van der Waals surface area (Å²) >= 11 is 0. The first-order chi connectivity index (χ1) is 13.6. The molecule has 146 valence electrons. The highest BCUT2D eigenvalue weighted by Gasteiger charge is 2.14. The van der Waals surface area contributed by atoms with E-state index in [0.29, 0.717) is 30.4 Å². The Morgan fingerprint density at radius 2 is 1.64 bits per heavy atom. The molecule has 7 heteroatoms. The van der Waals surface area contributed by atoms with E-state index in [4.69, 9.17) is 5.73 Å². The molecule has 3 rings (SSSR count). The van der Waals surface area contributed by atoms with Crippen LogP contribution in [0.5, 0.6) is 0 Å². The second kappa shape index (κ2) is 9.14. The van der Waals surface area contributed by atoms with Crippen LogP contribution in [-0.4, -0.2) is 40.2 Å². The van der Waals surface area contributed by atoms with E-state index in [-0.39, 0.29) is 30.0 Å². The minimum atomic E-state index is -0.342. The molecule has 0 saturated heterocycles.